The molecule has 0 saturated heterocycles. The van der Waals surface area contributed by atoms with Gasteiger partial charge in [0.05, 0.1) is 24.1 Å². The summed E-state index contributed by atoms with van der Waals surface area (Å²) in [6.07, 6.45) is 5.33. The highest BCUT2D eigenvalue weighted by atomic mass is 32.1. The van der Waals surface area contributed by atoms with Crippen LogP contribution in [0.2, 0.25) is 0 Å². The third-order valence-corrected chi connectivity index (χ3v) is 4.70. The first-order valence-corrected chi connectivity index (χ1v) is 7.89. The number of aryl methyl sites for hydroxylation is 2. The van der Waals surface area contributed by atoms with Crippen LogP contribution in [0.5, 0.6) is 0 Å². The van der Waals surface area contributed by atoms with Crippen molar-refractivity contribution in [3.05, 3.63) is 52.1 Å². The lowest BCUT2D eigenvalue weighted by atomic mass is 10.3. The van der Waals surface area contributed by atoms with Gasteiger partial charge in [-0.1, -0.05) is 18.2 Å². The van der Waals surface area contributed by atoms with E-state index >= 15 is 0 Å². The molecule has 0 aliphatic heterocycles. The molecule has 0 atom stereocenters. The Balaban J connectivity index is 1.44. The molecule has 0 saturated carbocycles. The van der Waals surface area contributed by atoms with Crippen LogP contribution in [0.25, 0.3) is 5.69 Å². The van der Waals surface area contributed by atoms with E-state index in [9.17, 15) is 0 Å². The van der Waals surface area contributed by atoms with Crippen LogP contribution in [0.3, 0.4) is 0 Å². The average Bonchev–Trinajstić information content (AvgIpc) is 3.21. The molecule has 1 aromatic carbocycles. The van der Waals surface area contributed by atoms with E-state index in [0.29, 0.717) is 6.54 Å². The van der Waals surface area contributed by atoms with E-state index in [1.54, 1.807) is 11.0 Å². The maximum Gasteiger partial charge on any atom is 0.169 e. The van der Waals surface area contributed by atoms with Crippen LogP contribution < -0.4 is 5.32 Å². The topological polar surface area (TPSA) is 55.6 Å². The molecule has 0 radical (unpaired) electrons. The second-order valence-electron chi connectivity index (χ2n) is 5.04. The van der Waals surface area contributed by atoms with E-state index < -0.39 is 0 Å². The fourth-order valence-electron chi connectivity index (χ4n) is 2.52. The molecule has 106 valence electrons. The molecular formula is C15H15N5S. The lowest BCUT2D eigenvalue weighted by Gasteiger charge is -1.99. The molecule has 4 rings (SSSR count). The standard InChI is InChI=1S/C15H15N5S/c1-2-5-11(6-3-1)20-17-9-14(19-20)16-10-15-18-12-7-4-8-13(12)21-15/h1-3,5-6,9H,4,7-8,10H2,(H,16,19). The van der Waals surface area contributed by atoms with E-state index in [0.717, 1.165) is 22.9 Å². The maximum atomic E-state index is 4.67. The summed E-state index contributed by atoms with van der Waals surface area (Å²) >= 11 is 1.82. The van der Waals surface area contributed by atoms with Gasteiger partial charge in [0.2, 0.25) is 0 Å². The van der Waals surface area contributed by atoms with Gasteiger partial charge >= 0.3 is 0 Å². The van der Waals surface area contributed by atoms with Crippen LogP contribution in [-0.4, -0.2) is 20.0 Å². The number of hydrogen-bond acceptors (Lipinski definition) is 5. The molecule has 0 fully saturated rings. The van der Waals surface area contributed by atoms with E-state index in [2.05, 4.69) is 20.5 Å². The van der Waals surface area contributed by atoms with Gasteiger partial charge in [0.15, 0.2) is 5.82 Å². The normalized spacial score (nSPS) is 13.3. The molecular weight excluding hydrogens is 282 g/mol. The molecule has 3 aromatic rings. The zero-order valence-electron chi connectivity index (χ0n) is 11.5. The first-order valence-electron chi connectivity index (χ1n) is 7.07. The Morgan fingerprint density at radius 2 is 2.10 bits per heavy atom. The summed E-state index contributed by atoms with van der Waals surface area (Å²) in [5, 5.41) is 13.1. The lowest BCUT2D eigenvalue weighted by molar-refractivity contribution is 0.752. The predicted octanol–water partition coefficient (Wildman–Crippen LogP) is 2.82. The van der Waals surface area contributed by atoms with Crippen molar-refractivity contribution in [1.82, 2.24) is 20.0 Å². The van der Waals surface area contributed by atoms with Crippen molar-refractivity contribution in [1.29, 1.82) is 0 Å². The number of anilines is 1. The maximum absolute atomic E-state index is 4.67. The molecule has 0 bridgehead atoms. The zero-order chi connectivity index (χ0) is 14.1. The molecule has 2 heterocycles. The largest absolute Gasteiger partial charge is 0.361 e. The third kappa shape index (κ3) is 2.54. The Morgan fingerprint density at radius 3 is 2.95 bits per heavy atom. The fourth-order valence-corrected chi connectivity index (χ4v) is 3.61. The highest BCUT2D eigenvalue weighted by Crippen LogP contribution is 2.27. The number of thiazole rings is 1. The lowest BCUT2D eigenvalue weighted by Crippen LogP contribution is -2.02. The number of nitrogens with one attached hydrogen (secondary N) is 1. The molecule has 1 aliphatic rings. The van der Waals surface area contributed by atoms with Crippen molar-refractivity contribution in [3.8, 4) is 5.69 Å². The molecule has 0 amide bonds. The van der Waals surface area contributed by atoms with E-state index in [1.165, 1.54) is 23.4 Å². The molecule has 2 aromatic heterocycles. The highest BCUT2D eigenvalue weighted by Gasteiger charge is 2.16. The monoisotopic (exact) mass is 297 g/mol. The van der Waals surface area contributed by atoms with Crippen LogP contribution in [0.15, 0.2) is 36.5 Å². The first kappa shape index (κ1) is 12.5. The smallest absolute Gasteiger partial charge is 0.169 e. The molecule has 21 heavy (non-hydrogen) atoms. The average molecular weight is 297 g/mol. The van der Waals surface area contributed by atoms with Crippen molar-refractivity contribution in [3.63, 3.8) is 0 Å². The van der Waals surface area contributed by atoms with Crippen molar-refractivity contribution in [2.45, 2.75) is 25.8 Å². The SMILES string of the molecule is c1ccc(-n2ncc(NCc3nc4c(s3)CCC4)n2)cc1. The summed E-state index contributed by atoms with van der Waals surface area (Å²) in [7, 11) is 0. The van der Waals surface area contributed by atoms with Crippen molar-refractivity contribution in [2.24, 2.45) is 0 Å². The molecule has 6 heteroatoms. The van der Waals surface area contributed by atoms with Crippen LogP contribution in [-0.2, 0) is 19.4 Å². The van der Waals surface area contributed by atoms with Gasteiger partial charge in [0.25, 0.3) is 0 Å². The minimum absolute atomic E-state index is 0.713. The number of nitrogens with zero attached hydrogens (tertiary/aromatic N) is 4. The highest BCUT2D eigenvalue weighted by molar-refractivity contribution is 7.11. The fraction of sp³-hybridized carbons (Fsp3) is 0.267. The van der Waals surface area contributed by atoms with Gasteiger partial charge in [0, 0.05) is 4.88 Å². The third-order valence-electron chi connectivity index (χ3n) is 3.54. The Kier molecular flexibility index (Phi) is 3.16. The quantitative estimate of drug-likeness (QED) is 0.804. The second-order valence-corrected chi connectivity index (χ2v) is 6.21. The molecule has 0 unspecified atom stereocenters. The summed E-state index contributed by atoms with van der Waals surface area (Å²) in [4.78, 5) is 7.76. The number of rotatable bonds is 4. The number of fused-ring (bicyclic) bond motifs is 1. The van der Waals surface area contributed by atoms with Gasteiger partial charge in [-0.3, -0.25) is 0 Å². The van der Waals surface area contributed by atoms with Crippen molar-refractivity contribution < 1.29 is 0 Å². The van der Waals surface area contributed by atoms with E-state index in [-0.39, 0.29) is 0 Å². The minimum Gasteiger partial charge on any atom is -0.361 e. The van der Waals surface area contributed by atoms with Crippen LogP contribution in [0.4, 0.5) is 5.82 Å². The summed E-state index contributed by atoms with van der Waals surface area (Å²) in [5.41, 5.74) is 2.25. The van der Waals surface area contributed by atoms with Gasteiger partial charge in [0.1, 0.15) is 5.01 Å². The number of aromatic nitrogens is 4. The van der Waals surface area contributed by atoms with Gasteiger partial charge in [-0.05, 0) is 31.4 Å². The number of para-hydroxylation sites is 1. The molecule has 5 nitrogen and oxygen atoms in total. The van der Waals surface area contributed by atoms with Crippen LogP contribution in [0, 0.1) is 0 Å². The Morgan fingerprint density at radius 1 is 1.19 bits per heavy atom. The summed E-state index contributed by atoms with van der Waals surface area (Å²) in [6.45, 7) is 0.713. The second kappa shape index (κ2) is 5.29. The Hall–Kier alpha value is -2.21. The number of hydrogen-bond donors (Lipinski definition) is 1. The number of benzene rings is 1. The van der Waals surface area contributed by atoms with Crippen LogP contribution >= 0.6 is 11.3 Å². The zero-order valence-corrected chi connectivity index (χ0v) is 12.3. The predicted molar refractivity (Wildman–Crippen MR) is 82.8 cm³/mol. The summed E-state index contributed by atoms with van der Waals surface area (Å²) in [5.74, 6) is 0.772. The van der Waals surface area contributed by atoms with E-state index in [4.69, 9.17) is 0 Å². The molecule has 0 spiro atoms. The summed E-state index contributed by atoms with van der Waals surface area (Å²) in [6, 6.07) is 9.89. The summed E-state index contributed by atoms with van der Waals surface area (Å²) < 4.78 is 0. The van der Waals surface area contributed by atoms with Gasteiger partial charge in [-0.2, -0.15) is 5.10 Å². The van der Waals surface area contributed by atoms with Crippen molar-refractivity contribution in [2.75, 3.05) is 5.32 Å². The van der Waals surface area contributed by atoms with Gasteiger partial charge in [-0.15, -0.1) is 21.2 Å². The molecule has 1 aliphatic carbocycles. The molecule has 1 N–H and O–H groups in total. The van der Waals surface area contributed by atoms with Gasteiger partial charge in [-0.25, -0.2) is 4.98 Å². The van der Waals surface area contributed by atoms with Gasteiger partial charge < -0.3 is 5.32 Å². The van der Waals surface area contributed by atoms with Crippen molar-refractivity contribution >= 4 is 17.2 Å². The van der Waals surface area contributed by atoms with E-state index in [1.807, 2.05) is 41.7 Å². The Labute approximate surface area is 126 Å². The first-order chi connectivity index (χ1) is 10.4. The minimum atomic E-state index is 0.713. The Bertz CT molecular complexity index is 725. The van der Waals surface area contributed by atoms with Crippen LogP contribution in [0.1, 0.15) is 22.0 Å².